The van der Waals surface area contributed by atoms with Crippen molar-refractivity contribution < 1.29 is 4.79 Å². The van der Waals surface area contributed by atoms with Gasteiger partial charge >= 0.3 is 0 Å². The van der Waals surface area contributed by atoms with Crippen molar-refractivity contribution in [2.24, 2.45) is 5.73 Å². The maximum atomic E-state index is 11.8. The molecule has 0 aliphatic carbocycles. The van der Waals surface area contributed by atoms with Crippen LogP contribution in [0.4, 0.5) is 5.69 Å². The number of fused-ring (bicyclic) bond motifs is 1. The summed E-state index contributed by atoms with van der Waals surface area (Å²) < 4.78 is 1.24. The number of nitrogens with two attached hydrogens (primary N) is 1. The van der Waals surface area contributed by atoms with Crippen LogP contribution in [0.25, 0.3) is 0 Å². The monoisotopic (exact) mass is 276 g/mol. The van der Waals surface area contributed by atoms with Crippen LogP contribution in [-0.2, 0) is 4.79 Å². The van der Waals surface area contributed by atoms with Crippen molar-refractivity contribution in [3.05, 3.63) is 41.3 Å². The van der Waals surface area contributed by atoms with Gasteiger partial charge in [0.1, 0.15) is 6.04 Å². The Labute approximate surface area is 114 Å². The lowest BCUT2D eigenvalue weighted by Gasteiger charge is -2.10. The average molecular weight is 276 g/mol. The molecule has 0 saturated carbocycles. The third-order valence-electron chi connectivity index (χ3n) is 3.01. The minimum Gasteiger partial charge on any atom is -0.316 e. The molecule has 92 valence electrons. The molecule has 2 aromatic rings. The highest BCUT2D eigenvalue weighted by molar-refractivity contribution is 8.01. The number of rotatable bonds is 2. The second-order valence-corrected chi connectivity index (χ2v) is 6.45. The fourth-order valence-electron chi connectivity index (χ4n) is 2.04. The minimum absolute atomic E-state index is 0.0386. The van der Waals surface area contributed by atoms with Gasteiger partial charge in [0, 0.05) is 23.2 Å². The normalized spacial score (nSPS) is 18.2. The average Bonchev–Trinajstić information content (AvgIpc) is 2.95. The largest absolute Gasteiger partial charge is 0.316 e. The zero-order chi connectivity index (χ0) is 12.7. The van der Waals surface area contributed by atoms with Gasteiger partial charge in [0.2, 0.25) is 5.91 Å². The second-order valence-electron chi connectivity index (χ2n) is 4.13. The Hall–Kier alpha value is -1.30. The number of carbonyl (C=O) groups excluding carboxylic acids is 1. The number of carbonyl (C=O) groups is 1. The summed E-state index contributed by atoms with van der Waals surface area (Å²) in [5.74, 6) is -0.0386. The van der Waals surface area contributed by atoms with Crippen molar-refractivity contribution in [3.63, 3.8) is 0 Å². The van der Waals surface area contributed by atoms with Crippen molar-refractivity contribution in [2.45, 2.75) is 15.1 Å². The number of likely N-dealkylation sites (N-methyl/N-ethyl adjacent to an activating group) is 1. The Morgan fingerprint density at radius 2 is 2.22 bits per heavy atom. The lowest BCUT2D eigenvalue weighted by atomic mass is 10.1. The Balaban J connectivity index is 1.95. The molecular formula is C13H12N2OS2. The molecule has 0 radical (unpaired) electrons. The van der Waals surface area contributed by atoms with Crippen LogP contribution in [0, 0.1) is 0 Å². The van der Waals surface area contributed by atoms with Crippen LogP contribution in [-0.4, -0.2) is 13.0 Å². The SMILES string of the molecule is CN1C(=O)C(N)c2ccc(Sc3cccs3)cc21. The predicted octanol–water partition coefficient (Wildman–Crippen LogP) is 2.88. The lowest BCUT2D eigenvalue weighted by molar-refractivity contribution is -0.118. The number of nitrogens with zero attached hydrogens (tertiary/aromatic N) is 1. The summed E-state index contributed by atoms with van der Waals surface area (Å²) in [5, 5.41) is 2.06. The summed E-state index contributed by atoms with van der Waals surface area (Å²) in [4.78, 5) is 14.6. The van der Waals surface area contributed by atoms with E-state index >= 15 is 0 Å². The van der Waals surface area contributed by atoms with E-state index in [1.165, 1.54) is 4.21 Å². The molecule has 1 atom stereocenters. The fraction of sp³-hybridized carbons (Fsp3) is 0.154. The summed E-state index contributed by atoms with van der Waals surface area (Å²) in [6, 6.07) is 9.62. The quantitative estimate of drug-likeness (QED) is 0.917. The minimum atomic E-state index is -0.509. The van der Waals surface area contributed by atoms with E-state index in [1.807, 2.05) is 24.3 Å². The number of benzene rings is 1. The van der Waals surface area contributed by atoms with Crippen LogP contribution >= 0.6 is 23.1 Å². The molecule has 1 aliphatic rings. The summed E-state index contributed by atoms with van der Waals surface area (Å²) in [5.41, 5.74) is 7.71. The van der Waals surface area contributed by atoms with E-state index in [0.29, 0.717) is 0 Å². The highest BCUT2D eigenvalue weighted by Crippen LogP contribution is 2.39. The first-order valence-electron chi connectivity index (χ1n) is 5.55. The molecule has 2 heterocycles. The van der Waals surface area contributed by atoms with Crippen molar-refractivity contribution in [1.82, 2.24) is 0 Å². The molecule has 18 heavy (non-hydrogen) atoms. The molecular weight excluding hydrogens is 264 g/mol. The molecule has 2 N–H and O–H groups in total. The fourth-order valence-corrected chi connectivity index (χ4v) is 3.82. The third kappa shape index (κ3) is 1.84. The van der Waals surface area contributed by atoms with Gasteiger partial charge in [-0.05, 0) is 23.6 Å². The summed E-state index contributed by atoms with van der Waals surface area (Å²) in [6.07, 6.45) is 0. The maximum Gasteiger partial charge on any atom is 0.248 e. The van der Waals surface area contributed by atoms with E-state index in [1.54, 1.807) is 35.0 Å². The number of amides is 1. The Morgan fingerprint density at radius 1 is 1.39 bits per heavy atom. The second kappa shape index (κ2) is 4.42. The van der Waals surface area contributed by atoms with Crippen LogP contribution in [0.15, 0.2) is 44.8 Å². The first-order chi connectivity index (χ1) is 8.66. The van der Waals surface area contributed by atoms with E-state index in [2.05, 4.69) is 11.4 Å². The molecule has 3 rings (SSSR count). The molecule has 0 spiro atoms. The predicted molar refractivity (Wildman–Crippen MR) is 75.2 cm³/mol. The molecule has 1 aromatic carbocycles. The Kier molecular flexibility index (Phi) is 2.89. The van der Waals surface area contributed by atoms with E-state index in [-0.39, 0.29) is 5.91 Å². The van der Waals surface area contributed by atoms with Crippen LogP contribution in [0.5, 0.6) is 0 Å². The van der Waals surface area contributed by atoms with Crippen LogP contribution in [0.3, 0.4) is 0 Å². The van der Waals surface area contributed by atoms with E-state index in [0.717, 1.165) is 16.1 Å². The third-order valence-corrected chi connectivity index (χ3v) is 5.04. The molecule has 1 aliphatic heterocycles. The van der Waals surface area contributed by atoms with Gasteiger partial charge in [-0.2, -0.15) is 0 Å². The Morgan fingerprint density at radius 3 is 2.94 bits per heavy atom. The highest BCUT2D eigenvalue weighted by Gasteiger charge is 2.32. The van der Waals surface area contributed by atoms with Gasteiger partial charge in [0.15, 0.2) is 0 Å². The molecule has 1 aromatic heterocycles. The van der Waals surface area contributed by atoms with Gasteiger partial charge in [-0.15, -0.1) is 11.3 Å². The first-order valence-corrected chi connectivity index (χ1v) is 7.25. The number of anilines is 1. The zero-order valence-corrected chi connectivity index (χ0v) is 11.4. The van der Waals surface area contributed by atoms with E-state index < -0.39 is 6.04 Å². The number of hydrogen-bond acceptors (Lipinski definition) is 4. The zero-order valence-electron chi connectivity index (χ0n) is 9.79. The van der Waals surface area contributed by atoms with Crippen LogP contribution in [0.2, 0.25) is 0 Å². The maximum absolute atomic E-state index is 11.8. The molecule has 3 nitrogen and oxygen atoms in total. The van der Waals surface area contributed by atoms with Gasteiger partial charge in [-0.25, -0.2) is 0 Å². The van der Waals surface area contributed by atoms with Gasteiger partial charge in [-0.1, -0.05) is 23.9 Å². The topological polar surface area (TPSA) is 46.3 Å². The molecule has 5 heteroatoms. The van der Waals surface area contributed by atoms with Crippen LogP contribution in [0.1, 0.15) is 11.6 Å². The molecule has 0 saturated heterocycles. The molecule has 1 unspecified atom stereocenters. The van der Waals surface area contributed by atoms with Crippen LogP contribution < -0.4 is 10.6 Å². The standard InChI is InChI=1S/C13H12N2OS2/c1-15-10-7-8(18-11-3-2-6-17-11)4-5-9(10)12(14)13(15)16/h2-7,12H,14H2,1H3. The summed E-state index contributed by atoms with van der Waals surface area (Å²) in [7, 11) is 1.77. The van der Waals surface area contributed by atoms with Crippen molar-refractivity contribution >= 4 is 34.7 Å². The van der Waals surface area contributed by atoms with Gasteiger partial charge in [0.25, 0.3) is 0 Å². The highest BCUT2D eigenvalue weighted by atomic mass is 32.2. The molecule has 0 fully saturated rings. The summed E-state index contributed by atoms with van der Waals surface area (Å²) >= 11 is 3.42. The molecule has 0 bridgehead atoms. The smallest absolute Gasteiger partial charge is 0.248 e. The number of thiophene rings is 1. The van der Waals surface area contributed by atoms with E-state index in [9.17, 15) is 4.79 Å². The molecule has 1 amide bonds. The number of hydrogen-bond donors (Lipinski definition) is 1. The summed E-state index contributed by atoms with van der Waals surface area (Å²) in [6.45, 7) is 0. The van der Waals surface area contributed by atoms with Gasteiger partial charge in [-0.3, -0.25) is 4.79 Å². The first kappa shape index (κ1) is 11.8. The van der Waals surface area contributed by atoms with Crippen molar-refractivity contribution in [3.8, 4) is 0 Å². The lowest BCUT2D eigenvalue weighted by Crippen LogP contribution is -2.27. The van der Waals surface area contributed by atoms with Gasteiger partial charge < -0.3 is 10.6 Å². The van der Waals surface area contributed by atoms with Gasteiger partial charge in [0.05, 0.1) is 4.21 Å². The van der Waals surface area contributed by atoms with Crippen molar-refractivity contribution in [2.75, 3.05) is 11.9 Å². The Bertz CT molecular complexity index is 595. The van der Waals surface area contributed by atoms with E-state index in [4.69, 9.17) is 5.73 Å². The van der Waals surface area contributed by atoms with Crippen molar-refractivity contribution in [1.29, 1.82) is 0 Å².